The molecule has 0 spiro atoms. The van der Waals surface area contributed by atoms with Crippen LogP contribution in [0, 0.1) is 0 Å². The van der Waals surface area contributed by atoms with Crippen LogP contribution in [0.25, 0.3) is 0 Å². The maximum absolute atomic E-state index is 6.18. The highest BCUT2D eigenvalue weighted by atomic mass is 35.5. The minimum Gasteiger partial charge on any atom is -0.309 e. The Kier molecular flexibility index (Phi) is 6.84. The molecule has 1 aromatic rings. The van der Waals surface area contributed by atoms with Crippen LogP contribution in [-0.4, -0.2) is 17.5 Å². The summed E-state index contributed by atoms with van der Waals surface area (Å²) in [4.78, 5) is 0. The lowest BCUT2D eigenvalue weighted by molar-refractivity contribution is 0.460. The van der Waals surface area contributed by atoms with Crippen molar-refractivity contribution < 1.29 is 0 Å². The van der Waals surface area contributed by atoms with Gasteiger partial charge in [0.05, 0.1) is 8.67 Å². The highest BCUT2D eigenvalue weighted by Crippen LogP contribution is 2.36. The largest absolute Gasteiger partial charge is 0.309 e. The maximum atomic E-state index is 6.18. The van der Waals surface area contributed by atoms with Gasteiger partial charge in [-0.15, -0.1) is 11.3 Å². The fraction of sp³-hybridized carbons (Fsp3) is 0.692. The standard InChI is InChI=1S/C13H21Cl2NS2/c1-5-13(6-2,17-4)8-16-9(3)10-7-11(14)18-12(10)15/h7,9,16H,5-6,8H2,1-4H3. The normalized spacial score (nSPS) is 13.9. The monoisotopic (exact) mass is 325 g/mol. The number of nitrogens with one attached hydrogen (secondary N) is 1. The van der Waals surface area contributed by atoms with Gasteiger partial charge in [0.1, 0.15) is 0 Å². The highest BCUT2D eigenvalue weighted by Gasteiger charge is 2.25. The smallest absolute Gasteiger partial charge is 0.0991 e. The third kappa shape index (κ3) is 4.04. The van der Waals surface area contributed by atoms with E-state index in [9.17, 15) is 0 Å². The van der Waals surface area contributed by atoms with E-state index in [0.717, 1.165) is 20.8 Å². The molecule has 0 aromatic carbocycles. The van der Waals surface area contributed by atoms with Gasteiger partial charge in [-0.1, -0.05) is 37.0 Å². The van der Waals surface area contributed by atoms with E-state index in [2.05, 4.69) is 32.3 Å². The molecule has 0 aliphatic heterocycles. The molecular formula is C13H21Cl2NS2. The van der Waals surface area contributed by atoms with Crippen molar-refractivity contribution in [3.8, 4) is 0 Å². The van der Waals surface area contributed by atoms with Crippen LogP contribution >= 0.6 is 46.3 Å². The zero-order chi connectivity index (χ0) is 13.8. The predicted octanol–water partition coefficient (Wildman–Crippen LogP) is 5.63. The Balaban J connectivity index is 2.65. The molecule has 0 saturated carbocycles. The molecule has 0 bridgehead atoms. The average molecular weight is 326 g/mol. The molecule has 1 unspecified atom stereocenters. The molecular weight excluding hydrogens is 305 g/mol. The summed E-state index contributed by atoms with van der Waals surface area (Å²) in [6, 6.07) is 2.20. The van der Waals surface area contributed by atoms with E-state index in [4.69, 9.17) is 23.2 Å². The first-order valence-electron chi connectivity index (χ1n) is 6.21. The Morgan fingerprint density at radius 2 is 2.00 bits per heavy atom. The second kappa shape index (κ2) is 7.39. The molecule has 1 aromatic heterocycles. The summed E-state index contributed by atoms with van der Waals surface area (Å²) in [6.45, 7) is 7.63. The molecule has 0 fully saturated rings. The molecule has 1 nitrogen and oxygen atoms in total. The molecule has 1 heterocycles. The molecule has 0 saturated heterocycles. The zero-order valence-electron chi connectivity index (χ0n) is 11.3. The summed E-state index contributed by atoms with van der Waals surface area (Å²) in [7, 11) is 0. The SMILES string of the molecule is CCC(CC)(CNC(C)c1cc(Cl)sc1Cl)SC. The van der Waals surface area contributed by atoms with Crippen LogP contribution in [0.5, 0.6) is 0 Å². The number of halogens is 2. The topological polar surface area (TPSA) is 12.0 Å². The minimum absolute atomic E-state index is 0.242. The molecule has 104 valence electrons. The van der Waals surface area contributed by atoms with Gasteiger partial charge in [-0.25, -0.2) is 0 Å². The van der Waals surface area contributed by atoms with Gasteiger partial charge in [0, 0.05) is 17.3 Å². The van der Waals surface area contributed by atoms with Gasteiger partial charge in [0.2, 0.25) is 0 Å². The third-order valence-corrected chi connectivity index (χ3v) is 6.71. The first kappa shape index (κ1) is 16.6. The van der Waals surface area contributed by atoms with Crippen molar-refractivity contribution in [2.24, 2.45) is 0 Å². The lowest BCUT2D eigenvalue weighted by atomic mass is 10.0. The van der Waals surface area contributed by atoms with E-state index in [1.54, 1.807) is 0 Å². The molecule has 0 aliphatic rings. The lowest BCUT2D eigenvalue weighted by Crippen LogP contribution is -2.37. The summed E-state index contributed by atoms with van der Waals surface area (Å²) >= 11 is 15.5. The van der Waals surface area contributed by atoms with Gasteiger partial charge in [-0.05, 0) is 37.7 Å². The summed E-state index contributed by atoms with van der Waals surface area (Å²) in [6.07, 6.45) is 4.53. The zero-order valence-corrected chi connectivity index (χ0v) is 14.5. The minimum atomic E-state index is 0.242. The molecule has 1 atom stereocenters. The first-order valence-corrected chi connectivity index (χ1v) is 9.01. The van der Waals surface area contributed by atoms with Crippen LogP contribution in [-0.2, 0) is 0 Å². The van der Waals surface area contributed by atoms with E-state index in [1.165, 1.54) is 24.2 Å². The molecule has 18 heavy (non-hydrogen) atoms. The van der Waals surface area contributed by atoms with Gasteiger partial charge in [-0.3, -0.25) is 0 Å². The summed E-state index contributed by atoms with van der Waals surface area (Å²) in [5.41, 5.74) is 1.11. The second-order valence-corrected chi connectivity index (χ2v) is 8.04. The van der Waals surface area contributed by atoms with Gasteiger partial charge in [0.15, 0.2) is 0 Å². The van der Waals surface area contributed by atoms with Crippen LogP contribution in [0.1, 0.15) is 45.2 Å². The molecule has 5 heteroatoms. The fourth-order valence-corrected chi connectivity index (χ4v) is 4.41. The van der Waals surface area contributed by atoms with Gasteiger partial charge in [-0.2, -0.15) is 11.8 Å². The van der Waals surface area contributed by atoms with E-state index < -0.39 is 0 Å². The van der Waals surface area contributed by atoms with Gasteiger partial charge < -0.3 is 5.32 Å². The Hall–Kier alpha value is 0.590. The molecule has 0 amide bonds. The van der Waals surface area contributed by atoms with Crippen LogP contribution in [0.2, 0.25) is 8.67 Å². The van der Waals surface area contributed by atoms with Crippen molar-refractivity contribution in [1.29, 1.82) is 0 Å². The third-order valence-electron chi connectivity index (χ3n) is 3.60. The van der Waals surface area contributed by atoms with E-state index >= 15 is 0 Å². The number of hydrogen-bond donors (Lipinski definition) is 1. The van der Waals surface area contributed by atoms with Gasteiger partial charge >= 0.3 is 0 Å². The maximum Gasteiger partial charge on any atom is 0.0991 e. The summed E-state index contributed by atoms with van der Waals surface area (Å²) in [5, 5.41) is 3.59. The van der Waals surface area contributed by atoms with Crippen molar-refractivity contribution in [1.82, 2.24) is 5.32 Å². The number of thiophene rings is 1. The molecule has 1 rings (SSSR count). The predicted molar refractivity (Wildman–Crippen MR) is 87.6 cm³/mol. The molecule has 1 N–H and O–H groups in total. The lowest BCUT2D eigenvalue weighted by Gasteiger charge is -2.31. The van der Waals surface area contributed by atoms with Crippen molar-refractivity contribution in [2.45, 2.75) is 44.4 Å². The average Bonchev–Trinajstić information content (AvgIpc) is 2.70. The summed E-state index contributed by atoms with van der Waals surface area (Å²) in [5.74, 6) is 0. The second-order valence-electron chi connectivity index (χ2n) is 4.48. The highest BCUT2D eigenvalue weighted by molar-refractivity contribution is 8.00. The number of thioether (sulfide) groups is 1. The van der Waals surface area contributed by atoms with E-state index in [1.807, 2.05) is 17.8 Å². The fourth-order valence-electron chi connectivity index (χ4n) is 1.96. The van der Waals surface area contributed by atoms with Crippen molar-refractivity contribution in [3.63, 3.8) is 0 Å². The van der Waals surface area contributed by atoms with Crippen molar-refractivity contribution >= 4 is 46.3 Å². The van der Waals surface area contributed by atoms with Crippen molar-refractivity contribution in [2.75, 3.05) is 12.8 Å². The summed E-state index contributed by atoms with van der Waals surface area (Å²) < 4.78 is 1.87. The first-order chi connectivity index (χ1) is 8.48. The Morgan fingerprint density at radius 1 is 1.39 bits per heavy atom. The molecule has 0 radical (unpaired) electrons. The van der Waals surface area contributed by atoms with E-state index in [-0.39, 0.29) is 6.04 Å². The van der Waals surface area contributed by atoms with Crippen molar-refractivity contribution in [3.05, 3.63) is 20.3 Å². The molecule has 0 aliphatic carbocycles. The van der Waals surface area contributed by atoms with Crippen LogP contribution in [0.15, 0.2) is 6.07 Å². The van der Waals surface area contributed by atoms with Gasteiger partial charge in [0.25, 0.3) is 0 Å². The van der Waals surface area contributed by atoms with Crippen LogP contribution in [0.4, 0.5) is 0 Å². The van der Waals surface area contributed by atoms with E-state index in [0.29, 0.717) is 4.75 Å². The van der Waals surface area contributed by atoms with Crippen LogP contribution < -0.4 is 5.32 Å². The number of hydrogen-bond acceptors (Lipinski definition) is 3. The quantitative estimate of drug-likeness (QED) is 0.697. The number of rotatable bonds is 7. The Bertz CT molecular complexity index is 367. The Morgan fingerprint density at radius 3 is 2.39 bits per heavy atom. The Labute approximate surface area is 129 Å². The van der Waals surface area contributed by atoms with Crippen LogP contribution in [0.3, 0.4) is 0 Å².